The Bertz CT molecular complexity index is 852. The fourth-order valence-electron chi connectivity index (χ4n) is 2.56. The number of nitrogens with one attached hydrogen (secondary N) is 1. The van der Waals surface area contributed by atoms with E-state index in [2.05, 4.69) is 26.1 Å². The highest BCUT2D eigenvalue weighted by Gasteiger charge is 2.18. The summed E-state index contributed by atoms with van der Waals surface area (Å²) in [5.41, 5.74) is 1.96. The Morgan fingerprint density at radius 3 is 2.07 bits per heavy atom. The number of hydrogen-bond acceptors (Lipinski definition) is 5. The topological polar surface area (TPSA) is 94.1 Å². The molecule has 7 nitrogen and oxygen atoms in total. The van der Waals surface area contributed by atoms with E-state index in [0.717, 1.165) is 5.56 Å². The van der Waals surface area contributed by atoms with Gasteiger partial charge < -0.3 is 19.3 Å². The summed E-state index contributed by atoms with van der Waals surface area (Å²) in [5, 5.41) is 11.8. The number of carboxylic acids is 1. The molecule has 2 aromatic carbocycles. The molecule has 0 fully saturated rings. The van der Waals surface area contributed by atoms with Gasteiger partial charge in [-0.2, -0.15) is 0 Å². The van der Waals surface area contributed by atoms with Gasteiger partial charge in [-0.3, -0.25) is 5.32 Å². The minimum Gasteiger partial charge on any atom is -0.493 e. The van der Waals surface area contributed by atoms with Gasteiger partial charge in [0.1, 0.15) is 6.61 Å². The van der Waals surface area contributed by atoms with Crippen LogP contribution in [0.2, 0.25) is 0 Å². The highest BCUT2D eigenvalue weighted by Crippen LogP contribution is 2.33. The Hall–Kier alpha value is -3.22. The molecule has 2 N–H and O–H groups in total. The van der Waals surface area contributed by atoms with Crippen LogP contribution >= 0.6 is 0 Å². The first-order chi connectivity index (χ1) is 13.2. The summed E-state index contributed by atoms with van der Waals surface area (Å²) in [4.78, 5) is 23.6. The Morgan fingerprint density at radius 1 is 1.00 bits per heavy atom. The summed E-state index contributed by atoms with van der Waals surface area (Å²) >= 11 is 0. The molecule has 0 aliphatic carbocycles. The van der Waals surface area contributed by atoms with E-state index < -0.39 is 12.1 Å². The molecule has 0 bridgehead atoms. The number of benzene rings is 2. The minimum atomic E-state index is -1.21. The van der Waals surface area contributed by atoms with Crippen molar-refractivity contribution in [3.8, 4) is 11.5 Å². The molecule has 0 heterocycles. The van der Waals surface area contributed by atoms with E-state index >= 15 is 0 Å². The number of amides is 1. The molecular formula is C21H25NO6. The molecule has 0 radical (unpaired) electrons. The van der Waals surface area contributed by atoms with Crippen molar-refractivity contribution >= 4 is 17.7 Å². The molecule has 0 unspecified atom stereocenters. The van der Waals surface area contributed by atoms with Crippen LogP contribution in [-0.2, 0) is 16.8 Å². The fourth-order valence-corrected chi connectivity index (χ4v) is 2.56. The van der Waals surface area contributed by atoms with E-state index in [4.69, 9.17) is 14.2 Å². The van der Waals surface area contributed by atoms with E-state index in [9.17, 15) is 14.7 Å². The molecule has 0 aliphatic rings. The van der Waals surface area contributed by atoms with E-state index in [1.54, 1.807) is 0 Å². The van der Waals surface area contributed by atoms with Gasteiger partial charge in [-0.15, -0.1) is 0 Å². The first-order valence-corrected chi connectivity index (χ1v) is 8.68. The molecule has 2 aromatic rings. The second-order valence-corrected chi connectivity index (χ2v) is 7.21. The molecule has 0 saturated heterocycles. The number of ether oxygens (including phenoxy) is 3. The molecule has 0 aliphatic heterocycles. The molecule has 2 rings (SSSR count). The zero-order valence-corrected chi connectivity index (χ0v) is 16.7. The van der Waals surface area contributed by atoms with E-state index in [1.807, 2.05) is 24.3 Å². The third kappa shape index (κ3) is 5.16. The van der Waals surface area contributed by atoms with Crippen LogP contribution in [0.1, 0.15) is 42.3 Å². The lowest BCUT2D eigenvalue weighted by Crippen LogP contribution is -2.16. The first kappa shape index (κ1) is 21.1. The molecule has 0 atom stereocenters. The van der Waals surface area contributed by atoms with Crippen LogP contribution in [0, 0.1) is 0 Å². The Morgan fingerprint density at radius 2 is 1.57 bits per heavy atom. The summed E-state index contributed by atoms with van der Waals surface area (Å²) in [6, 6.07) is 10.4. The van der Waals surface area contributed by atoms with Crippen molar-refractivity contribution in [2.45, 2.75) is 32.8 Å². The zero-order chi connectivity index (χ0) is 20.9. The number of carbonyl (C=O) groups excluding carboxylic acids is 1. The summed E-state index contributed by atoms with van der Waals surface area (Å²) < 4.78 is 15.5. The predicted octanol–water partition coefficient (Wildman–Crippen LogP) is 4.45. The molecule has 0 saturated carbocycles. The van der Waals surface area contributed by atoms with Gasteiger partial charge in [0.15, 0.2) is 11.5 Å². The zero-order valence-electron chi connectivity index (χ0n) is 16.7. The quantitative estimate of drug-likeness (QED) is 0.761. The molecule has 0 aromatic heterocycles. The SMILES string of the molecule is COc1cc(NC(=O)OCc2ccc(C(C)(C)C)cc2)c(C(=O)O)cc1OC. The van der Waals surface area contributed by atoms with Crippen LogP contribution < -0.4 is 14.8 Å². The van der Waals surface area contributed by atoms with Crippen LogP contribution in [0.15, 0.2) is 36.4 Å². The monoisotopic (exact) mass is 387 g/mol. The normalized spacial score (nSPS) is 10.9. The number of aromatic carboxylic acids is 1. The number of carbonyl (C=O) groups is 2. The molecule has 28 heavy (non-hydrogen) atoms. The lowest BCUT2D eigenvalue weighted by Gasteiger charge is -2.19. The van der Waals surface area contributed by atoms with Gasteiger partial charge in [0.2, 0.25) is 0 Å². The van der Waals surface area contributed by atoms with Gasteiger partial charge in [0.25, 0.3) is 0 Å². The summed E-state index contributed by atoms with van der Waals surface area (Å²) in [7, 11) is 2.82. The second-order valence-electron chi connectivity index (χ2n) is 7.21. The number of hydrogen-bond donors (Lipinski definition) is 2. The van der Waals surface area contributed by atoms with Crippen molar-refractivity contribution in [1.82, 2.24) is 0 Å². The molecule has 7 heteroatoms. The molecular weight excluding hydrogens is 362 g/mol. The van der Waals surface area contributed by atoms with Gasteiger partial charge in [0, 0.05) is 12.1 Å². The van der Waals surface area contributed by atoms with E-state index in [1.165, 1.54) is 31.9 Å². The highest BCUT2D eigenvalue weighted by molar-refractivity contribution is 5.99. The van der Waals surface area contributed by atoms with Gasteiger partial charge in [-0.05, 0) is 16.5 Å². The smallest absolute Gasteiger partial charge is 0.411 e. The third-order valence-corrected chi connectivity index (χ3v) is 4.18. The number of carboxylic acid groups (broad SMARTS) is 1. The van der Waals surface area contributed by atoms with Gasteiger partial charge in [0.05, 0.1) is 25.5 Å². The van der Waals surface area contributed by atoms with Gasteiger partial charge in [-0.25, -0.2) is 9.59 Å². The number of anilines is 1. The van der Waals surface area contributed by atoms with Crippen molar-refractivity contribution in [1.29, 1.82) is 0 Å². The standard InChI is InChI=1S/C21H25NO6/c1-21(2,3)14-8-6-13(7-9-14)12-28-20(25)22-16-11-18(27-5)17(26-4)10-15(16)19(23)24/h6-11H,12H2,1-5H3,(H,22,25)(H,23,24). The van der Waals surface area contributed by atoms with Gasteiger partial charge >= 0.3 is 12.1 Å². The third-order valence-electron chi connectivity index (χ3n) is 4.18. The molecule has 0 spiro atoms. The fraction of sp³-hybridized carbons (Fsp3) is 0.333. The number of methoxy groups -OCH3 is 2. The van der Waals surface area contributed by atoms with Crippen molar-refractivity contribution in [2.24, 2.45) is 0 Å². The summed E-state index contributed by atoms with van der Waals surface area (Å²) in [6.45, 7) is 6.42. The average Bonchev–Trinajstić information content (AvgIpc) is 2.65. The van der Waals surface area contributed by atoms with Crippen LogP contribution in [-0.4, -0.2) is 31.4 Å². The lowest BCUT2D eigenvalue weighted by atomic mass is 9.87. The lowest BCUT2D eigenvalue weighted by molar-refractivity contribution is 0.0697. The van der Waals surface area contributed by atoms with Crippen molar-refractivity contribution in [3.05, 3.63) is 53.1 Å². The first-order valence-electron chi connectivity index (χ1n) is 8.68. The van der Waals surface area contributed by atoms with Crippen molar-refractivity contribution in [2.75, 3.05) is 19.5 Å². The van der Waals surface area contributed by atoms with Crippen LogP contribution in [0.4, 0.5) is 10.5 Å². The largest absolute Gasteiger partial charge is 0.493 e. The molecule has 150 valence electrons. The maximum Gasteiger partial charge on any atom is 0.411 e. The van der Waals surface area contributed by atoms with Crippen LogP contribution in [0.25, 0.3) is 0 Å². The van der Waals surface area contributed by atoms with Crippen LogP contribution in [0.3, 0.4) is 0 Å². The number of rotatable bonds is 6. The van der Waals surface area contributed by atoms with Crippen LogP contribution in [0.5, 0.6) is 11.5 Å². The highest BCUT2D eigenvalue weighted by atomic mass is 16.5. The Kier molecular flexibility index (Phi) is 6.51. The van der Waals surface area contributed by atoms with E-state index in [0.29, 0.717) is 5.75 Å². The van der Waals surface area contributed by atoms with Gasteiger partial charge in [-0.1, -0.05) is 45.0 Å². The summed E-state index contributed by atoms with van der Waals surface area (Å²) in [6.07, 6.45) is -0.769. The Balaban J connectivity index is 2.09. The second kappa shape index (κ2) is 8.65. The summed E-state index contributed by atoms with van der Waals surface area (Å²) in [5.74, 6) is -0.674. The maximum atomic E-state index is 12.1. The Labute approximate surface area is 164 Å². The van der Waals surface area contributed by atoms with Crippen molar-refractivity contribution in [3.63, 3.8) is 0 Å². The minimum absolute atomic E-state index is 0.0391. The molecule has 1 amide bonds. The predicted molar refractivity (Wildman–Crippen MR) is 105 cm³/mol. The van der Waals surface area contributed by atoms with Crippen molar-refractivity contribution < 1.29 is 28.9 Å². The maximum absolute atomic E-state index is 12.1. The van der Waals surface area contributed by atoms with E-state index in [-0.39, 0.29) is 29.0 Å². The average molecular weight is 387 g/mol.